The Kier molecular flexibility index (Phi) is 8.74. The van der Waals surface area contributed by atoms with Crippen LogP contribution < -0.4 is 5.32 Å². The van der Waals surface area contributed by atoms with Gasteiger partial charge in [-0.2, -0.15) is 0 Å². The second-order valence-corrected chi connectivity index (χ2v) is 11.1. The number of carbonyl (C=O) groups excluding carboxylic acids is 3. The second kappa shape index (κ2) is 11.3. The molecule has 1 atom stereocenters. The molecule has 0 aliphatic carbocycles. The average Bonchev–Trinajstić information content (AvgIpc) is 2.82. The molecule has 3 amide bonds. The summed E-state index contributed by atoms with van der Waals surface area (Å²) in [6, 6.07) is 7.04. The molecule has 2 fully saturated rings. The Bertz CT molecular complexity index is 846. The monoisotopic (exact) mass is 470 g/mol. The van der Waals surface area contributed by atoms with Crippen LogP contribution in [0, 0.1) is 5.92 Å². The number of nitrogens with one attached hydrogen (secondary N) is 1. The van der Waals surface area contributed by atoms with Gasteiger partial charge in [0.25, 0.3) is 5.91 Å². The molecule has 0 bridgehead atoms. The van der Waals surface area contributed by atoms with Crippen LogP contribution in [0.5, 0.6) is 0 Å². The topological polar surface area (TPSA) is 73.0 Å². The fraction of sp³-hybridized carbons (Fsp3) is 0.667. The molecule has 2 saturated heterocycles. The molecule has 1 unspecified atom stereocenters. The number of nitrogens with zero attached hydrogens (tertiary/aromatic N) is 3. The van der Waals surface area contributed by atoms with Crippen LogP contribution in [0.2, 0.25) is 0 Å². The van der Waals surface area contributed by atoms with Gasteiger partial charge in [0.05, 0.1) is 6.54 Å². The lowest BCUT2D eigenvalue weighted by molar-refractivity contribution is -0.137. The van der Waals surface area contributed by atoms with Crippen molar-refractivity contribution in [2.24, 2.45) is 5.92 Å². The van der Waals surface area contributed by atoms with Crippen molar-refractivity contribution in [1.82, 2.24) is 20.0 Å². The number of piperidine rings is 1. The van der Waals surface area contributed by atoms with E-state index in [1.165, 1.54) is 6.42 Å². The Morgan fingerprint density at radius 3 is 1.97 bits per heavy atom. The van der Waals surface area contributed by atoms with Gasteiger partial charge in [-0.25, -0.2) is 0 Å². The zero-order chi connectivity index (χ0) is 24.9. The van der Waals surface area contributed by atoms with Gasteiger partial charge >= 0.3 is 0 Å². The van der Waals surface area contributed by atoms with Gasteiger partial charge in [-0.05, 0) is 48.3 Å². The van der Waals surface area contributed by atoms with Crippen LogP contribution in [0.3, 0.4) is 0 Å². The van der Waals surface area contributed by atoms with Gasteiger partial charge in [-0.1, -0.05) is 46.8 Å². The number of rotatable bonds is 6. The standard InChI is InChI=1S/C27H42N4O3/c1-20(2)24(28-25(33)21-9-11-22(12-10-21)27(3,4)5)26(34)31-17-15-29(16-18-31)19-23(32)30-13-7-6-8-14-30/h9-12,20,24H,6-8,13-19H2,1-5H3,(H,28,33). The van der Waals surface area contributed by atoms with E-state index in [1.807, 2.05) is 47.9 Å². The predicted octanol–water partition coefficient (Wildman–Crippen LogP) is 2.90. The molecule has 188 valence electrons. The van der Waals surface area contributed by atoms with E-state index in [9.17, 15) is 14.4 Å². The minimum absolute atomic E-state index is 0.0198. The van der Waals surface area contributed by atoms with Crippen molar-refractivity contribution < 1.29 is 14.4 Å². The lowest BCUT2D eigenvalue weighted by atomic mass is 9.86. The van der Waals surface area contributed by atoms with E-state index in [1.54, 1.807) is 0 Å². The number of hydrogen-bond acceptors (Lipinski definition) is 4. The molecule has 2 aliphatic heterocycles. The smallest absolute Gasteiger partial charge is 0.251 e. The summed E-state index contributed by atoms with van der Waals surface area (Å²) >= 11 is 0. The van der Waals surface area contributed by atoms with Crippen molar-refractivity contribution in [2.75, 3.05) is 45.8 Å². The van der Waals surface area contributed by atoms with E-state index >= 15 is 0 Å². The fourth-order valence-corrected chi connectivity index (χ4v) is 4.62. The number of benzene rings is 1. The van der Waals surface area contributed by atoms with Gasteiger partial charge in [0.1, 0.15) is 6.04 Å². The molecule has 1 N–H and O–H groups in total. The molecule has 7 heteroatoms. The van der Waals surface area contributed by atoms with Crippen LogP contribution in [-0.4, -0.2) is 84.3 Å². The van der Waals surface area contributed by atoms with Gasteiger partial charge in [0.15, 0.2) is 0 Å². The van der Waals surface area contributed by atoms with Crippen molar-refractivity contribution in [1.29, 1.82) is 0 Å². The molecule has 0 spiro atoms. The van der Waals surface area contributed by atoms with Crippen LogP contribution in [0.15, 0.2) is 24.3 Å². The molecule has 7 nitrogen and oxygen atoms in total. The Hall–Kier alpha value is -2.41. The highest BCUT2D eigenvalue weighted by molar-refractivity contribution is 5.97. The van der Waals surface area contributed by atoms with Crippen molar-refractivity contribution in [2.45, 2.75) is 65.3 Å². The van der Waals surface area contributed by atoms with Gasteiger partial charge in [-0.3, -0.25) is 19.3 Å². The zero-order valence-corrected chi connectivity index (χ0v) is 21.6. The molecule has 0 saturated carbocycles. The highest BCUT2D eigenvalue weighted by Crippen LogP contribution is 2.22. The van der Waals surface area contributed by atoms with E-state index in [0.717, 1.165) is 31.5 Å². The third kappa shape index (κ3) is 6.81. The number of carbonyl (C=O) groups is 3. The van der Waals surface area contributed by atoms with Gasteiger partial charge < -0.3 is 15.1 Å². The van der Waals surface area contributed by atoms with E-state index in [0.29, 0.717) is 38.3 Å². The SMILES string of the molecule is CC(C)C(NC(=O)c1ccc(C(C)(C)C)cc1)C(=O)N1CCN(CC(=O)N2CCCCC2)CC1. The zero-order valence-electron chi connectivity index (χ0n) is 21.6. The number of hydrogen-bond donors (Lipinski definition) is 1. The second-order valence-electron chi connectivity index (χ2n) is 11.1. The van der Waals surface area contributed by atoms with Crippen LogP contribution in [0.25, 0.3) is 0 Å². The molecule has 2 aliphatic rings. The third-order valence-electron chi connectivity index (χ3n) is 6.98. The van der Waals surface area contributed by atoms with E-state index in [2.05, 4.69) is 31.0 Å². The Morgan fingerprint density at radius 2 is 1.44 bits per heavy atom. The maximum atomic E-state index is 13.3. The number of amides is 3. The lowest BCUT2D eigenvalue weighted by Crippen LogP contribution is -2.57. The van der Waals surface area contributed by atoms with Crippen molar-refractivity contribution in [3.8, 4) is 0 Å². The number of likely N-dealkylation sites (tertiary alicyclic amines) is 1. The Morgan fingerprint density at radius 1 is 0.853 bits per heavy atom. The first-order valence-corrected chi connectivity index (χ1v) is 12.8. The maximum Gasteiger partial charge on any atom is 0.251 e. The number of piperazine rings is 1. The Balaban J connectivity index is 1.53. The lowest BCUT2D eigenvalue weighted by Gasteiger charge is -2.38. The molecule has 1 aromatic rings. The minimum atomic E-state index is -0.573. The van der Waals surface area contributed by atoms with Gasteiger partial charge in [0, 0.05) is 44.8 Å². The summed E-state index contributed by atoms with van der Waals surface area (Å²) in [6.45, 7) is 15.0. The molecule has 2 heterocycles. The summed E-state index contributed by atoms with van der Waals surface area (Å²) in [5, 5.41) is 2.97. The van der Waals surface area contributed by atoms with Crippen molar-refractivity contribution in [3.63, 3.8) is 0 Å². The van der Waals surface area contributed by atoms with Crippen LogP contribution in [0.1, 0.15) is 69.8 Å². The van der Waals surface area contributed by atoms with E-state index in [-0.39, 0.29) is 29.1 Å². The highest BCUT2D eigenvalue weighted by atomic mass is 16.2. The first-order valence-electron chi connectivity index (χ1n) is 12.8. The molecule has 1 aromatic carbocycles. The molecular formula is C27H42N4O3. The van der Waals surface area contributed by atoms with Crippen LogP contribution >= 0.6 is 0 Å². The summed E-state index contributed by atoms with van der Waals surface area (Å²) < 4.78 is 0. The molecule has 34 heavy (non-hydrogen) atoms. The molecule has 3 rings (SSSR count). The Labute approximate surface area is 204 Å². The summed E-state index contributed by atoms with van der Waals surface area (Å²) in [5.41, 5.74) is 1.75. The minimum Gasteiger partial charge on any atom is -0.342 e. The molecule has 0 aromatic heterocycles. The quantitative estimate of drug-likeness (QED) is 0.694. The van der Waals surface area contributed by atoms with Crippen molar-refractivity contribution in [3.05, 3.63) is 35.4 Å². The van der Waals surface area contributed by atoms with Gasteiger partial charge in [-0.15, -0.1) is 0 Å². The summed E-state index contributed by atoms with van der Waals surface area (Å²) in [5.74, 6) is -0.0942. The van der Waals surface area contributed by atoms with Crippen molar-refractivity contribution >= 4 is 17.7 Å². The summed E-state index contributed by atoms with van der Waals surface area (Å²) in [7, 11) is 0. The largest absolute Gasteiger partial charge is 0.342 e. The first kappa shape index (κ1) is 26.2. The average molecular weight is 471 g/mol. The van der Waals surface area contributed by atoms with Crippen LogP contribution in [0.4, 0.5) is 0 Å². The van der Waals surface area contributed by atoms with Gasteiger partial charge in [0.2, 0.25) is 11.8 Å². The fourth-order valence-electron chi connectivity index (χ4n) is 4.62. The summed E-state index contributed by atoms with van der Waals surface area (Å²) in [4.78, 5) is 44.7. The summed E-state index contributed by atoms with van der Waals surface area (Å²) in [6.07, 6.45) is 3.40. The van der Waals surface area contributed by atoms with E-state index < -0.39 is 6.04 Å². The highest BCUT2D eigenvalue weighted by Gasteiger charge is 2.32. The third-order valence-corrected chi connectivity index (χ3v) is 6.98. The van der Waals surface area contributed by atoms with E-state index in [4.69, 9.17) is 0 Å². The predicted molar refractivity (Wildman–Crippen MR) is 135 cm³/mol. The molecular weight excluding hydrogens is 428 g/mol. The first-order chi connectivity index (χ1) is 16.1. The normalized spacial score (nSPS) is 18.6. The van der Waals surface area contributed by atoms with Crippen LogP contribution in [-0.2, 0) is 15.0 Å². The maximum absolute atomic E-state index is 13.3. The molecule has 0 radical (unpaired) electrons.